The highest BCUT2D eigenvalue weighted by molar-refractivity contribution is 7.17. The van der Waals surface area contributed by atoms with E-state index in [2.05, 4.69) is 10.6 Å². The van der Waals surface area contributed by atoms with E-state index in [0.717, 1.165) is 29.7 Å². The smallest absolute Gasteiger partial charge is 0.425 e. The zero-order valence-electron chi connectivity index (χ0n) is 20.5. The van der Waals surface area contributed by atoms with Crippen molar-refractivity contribution >= 4 is 45.6 Å². The fourth-order valence-corrected chi connectivity index (χ4v) is 7.27. The van der Waals surface area contributed by atoms with Crippen LogP contribution in [0.5, 0.6) is 0 Å². The number of hydrogen-bond acceptors (Lipinski definition) is 7. The first-order chi connectivity index (χ1) is 17.5. The number of alkyl halides is 3. The number of nitrogens with zero attached hydrogens (tertiary/aromatic N) is 1. The third-order valence-electron chi connectivity index (χ3n) is 6.43. The molecule has 1 unspecified atom stereocenters. The molecule has 2 aromatic heterocycles. The van der Waals surface area contributed by atoms with Gasteiger partial charge in [-0.25, -0.2) is 9.59 Å². The molecule has 202 valence electrons. The molecule has 0 spiro atoms. The Morgan fingerprint density at radius 2 is 1.84 bits per heavy atom. The molecule has 0 bridgehead atoms. The number of ether oxygens (including phenoxy) is 1. The number of fused-ring (bicyclic) bond motifs is 2. The van der Waals surface area contributed by atoms with Gasteiger partial charge in [-0.3, -0.25) is 10.1 Å². The van der Waals surface area contributed by atoms with Gasteiger partial charge in [0.15, 0.2) is 0 Å². The summed E-state index contributed by atoms with van der Waals surface area (Å²) in [6.45, 7) is 3.39. The maximum absolute atomic E-state index is 13.9. The van der Waals surface area contributed by atoms with Gasteiger partial charge in [0.25, 0.3) is 0 Å². The Bertz CT molecular complexity index is 1210. The lowest BCUT2D eigenvalue weighted by molar-refractivity contribution is -0.135. The molecular weight excluding hydrogens is 529 g/mol. The topological polar surface area (TPSA) is 114 Å². The van der Waals surface area contributed by atoms with Crippen molar-refractivity contribution in [1.82, 2.24) is 10.2 Å². The second kappa shape index (κ2) is 11.0. The van der Waals surface area contributed by atoms with Gasteiger partial charge in [-0.2, -0.15) is 13.2 Å². The molecule has 8 nitrogen and oxygen atoms in total. The zero-order chi connectivity index (χ0) is 26.9. The molecule has 1 aliphatic heterocycles. The molecule has 0 fully saturated rings. The number of carbonyl (C=O) groups is 3. The summed E-state index contributed by atoms with van der Waals surface area (Å²) >= 11 is 1.90. The average molecular weight is 559 g/mol. The van der Waals surface area contributed by atoms with Crippen LogP contribution in [-0.4, -0.2) is 42.0 Å². The highest BCUT2D eigenvalue weighted by Crippen LogP contribution is 2.43. The molecule has 3 amide bonds. The van der Waals surface area contributed by atoms with Crippen molar-refractivity contribution in [3.05, 3.63) is 36.9 Å². The number of urea groups is 1. The van der Waals surface area contributed by atoms with Crippen molar-refractivity contribution < 1.29 is 32.3 Å². The Morgan fingerprint density at radius 3 is 2.51 bits per heavy atom. The molecule has 1 aliphatic carbocycles. The number of aryl methyl sites for hydroxylation is 1. The third-order valence-corrected chi connectivity index (χ3v) is 8.94. The lowest BCUT2D eigenvalue weighted by Gasteiger charge is -2.28. The van der Waals surface area contributed by atoms with Crippen molar-refractivity contribution in [1.29, 1.82) is 0 Å². The van der Waals surface area contributed by atoms with Gasteiger partial charge < -0.3 is 20.7 Å². The Morgan fingerprint density at radius 1 is 1.11 bits per heavy atom. The Kier molecular flexibility index (Phi) is 8.14. The number of thiophene rings is 2. The number of halogens is 3. The molecule has 3 heterocycles. The van der Waals surface area contributed by atoms with E-state index < -0.39 is 29.1 Å². The third kappa shape index (κ3) is 5.78. The van der Waals surface area contributed by atoms with Crippen molar-refractivity contribution in [3.8, 4) is 0 Å². The molecule has 0 saturated heterocycles. The largest absolute Gasteiger partial charge is 0.462 e. The van der Waals surface area contributed by atoms with Gasteiger partial charge >= 0.3 is 18.2 Å². The summed E-state index contributed by atoms with van der Waals surface area (Å²) in [6, 6.07) is -1.45. The van der Waals surface area contributed by atoms with Crippen molar-refractivity contribution in [2.24, 2.45) is 5.73 Å². The van der Waals surface area contributed by atoms with E-state index in [1.165, 1.54) is 16.2 Å². The second-order valence-corrected chi connectivity index (χ2v) is 11.3. The van der Waals surface area contributed by atoms with E-state index in [-0.39, 0.29) is 44.1 Å². The van der Waals surface area contributed by atoms with Crippen LogP contribution in [0.1, 0.15) is 68.4 Å². The molecule has 13 heteroatoms. The summed E-state index contributed by atoms with van der Waals surface area (Å²) < 4.78 is 46.8. The van der Waals surface area contributed by atoms with Gasteiger partial charge in [0, 0.05) is 22.8 Å². The predicted octanol–water partition coefficient (Wildman–Crippen LogP) is 4.44. The first kappa shape index (κ1) is 27.4. The van der Waals surface area contributed by atoms with Crippen molar-refractivity contribution in [3.63, 3.8) is 0 Å². The average Bonchev–Trinajstić information content (AvgIpc) is 3.39. The molecule has 37 heavy (non-hydrogen) atoms. The monoisotopic (exact) mass is 558 g/mol. The van der Waals surface area contributed by atoms with Gasteiger partial charge in [0.1, 0.15) is 9.88 Å². The van der Waals surface area contributed by atoms with E-state index in [1.807, 2.05) is 0 Å². The van der Waals surface area contributed by atoms with Crippen LogP contribution < -0.4 is 16.4 Å². The van der Waals surface area contributed by atoms with E-state index in [0.29, 0.717) is 38.8 Å². The number of rotatable bonds is 6. The van der Waals surface area contributed by atoms with Crippen LogP contribution in [0.4, 0.5) is 23.0 Å². The summed E-state index contributed by atoms with van der Waals surface area (Å²) in [4.78, 5) is 39.8. The highest BCUT2D eigenvalue weighted by Gasteiger charge is 2.39. The summed E-state index contributed by atoms with van der Waals surface area (Å²) in [5.41, 5.74) is 7.38. The highest BCUT2D eigenvalue weighted by atomic mass is 32.1. The van der Waals surface area contributed by atoms with Gasteiger partial charge in [0.05, 0.1) is 24.8 Å². The standard InChI is InChI=1S/C24H29F3N4O4S2/c1-3-35-22(33)18-14-6-4-5-7-16(14)37-20(18)30-23(34)29-10-15-13-8-9-31(21(32)12(2)28)11-17(13)36-19(15)24(25,26)27/h12H,3-11,28H2,1-2H3,(H2,29,30,34). The van der Waals surface area contributed by atoms with Crippen LogP contribution in [0.3, 0.4) is 0 Å². The molecule has 2 aromatic rings. The molecule has 4 rings (SSSR count). The number of nitrogens with two attached hydrogens (primary N) is 1. The van der Waals surface area contributed by atoms with Crippen LogP contribution in [0, 0.1) is 0 Å². The summed E-state index contributed by atoms with van der Waals surface area (Å²) in [5.74, 6) is -0.836. The van der Waals surface area contributed by atoms with Crippen LogP contribution in [0.25, 0.3) is 0 Å². The molecule has 1 atom stereocenters. The summed E-state index contributed by atoms with van der Waals surface area (Å²) in [6.07, 6.45) is -0.939. The molecule has 2 aliphatic rings. The summed E-state index contributed by atoms with van der Waals surface area (Å²) in [7, 11) is 0. The number of amides is 3. The molecule has 0 aromatic carbocycles. The summed E-state index contributed by atoms with van der Waals surface area (Å²) in [5, 5.41) is 5.55. The fraction of sp³-hybridized carbons (Fsp3) is 0.542. The number of carbonyl (C=O) groups excluding carboxylic acids is 3. The van der Waals surface area contributed by atoms with Gasteiger partial charge in [-0.1, -0.05) is 0 Å². The first-order valence-corrected chi connectivity index (χ1v) is 13.8. The number of hydrogen-bond donors (Lipinski definition) is 3. The van der Waals surface area contributed by atoms with Crippen LogP contribution in [0.15, 0.2) is 0 Å². The minimum absolute atomic E-state index is 0.00614. The minimum atomic E-state index is -4.60. The van der Waals surface area contributed by atoms with Crippen LogP contribution in [0.2, 0.25) is 0 Å². The predicted molar refractivity (Wildman–Crippen MR) is 135 cm³/mol. The van der Waals surface area contributed by atoms with Crippen molar-refractivity contribution in [2.45, 2.75) is 71.3 Å². The van der Waals surface area contributed by atoms with E-state index in [9.17, 15) is 27.6 Å². The van der Waals surface area contributed by atoms with Gasteiger partial charge in [0.2, 0.25) is 5.91 Å². The lowest BCUT2D eigenvalue weighted by atomic mass is 9.95. The lowest BCUT2D eigenvalue weighted by Crippen LogP contribution is -2.44. The zero-order valence-corrected chi connectivity index (χ0v) is 22.2. The van der Waals surface area contributed by atoms with Gasteiger partial charge in [-0.05, 0) is 62.6 Å². The quantitative estimate of drug-likeness (QED) is 0.454. The Labute approximate surface area is 220 Å². The normalized spacial score (nSPS) is 16.0. The molecule has 0 radical (unpaired) electrons. The number of anilines is 1. The van der Waals surface area contributed by atoms with E-state index in [1.54, 1.807) is 13.8 Å². The Hall–Kier alpha value is -2.64. The maximum Gasteiger partial charge on any atom is 0.425 e. The fourth-order valence-electron chi connectivity index (χ4n) is 4.75. The minimum Gasteiger partial charge on any atom is -0.462 e. The first-order valence-electron chi connectivity index (χ1n) is 12.1. The molecule has 4 N–H and O–H groups in total. The number of nitrogens with one attached hydrogen (secondary N) is 2. The molecule has 0 saturated carbocycles. The van der Waals surface area contributed by atoms with E-state index in [4.69, 9.17) is 10.5 Å². The second-order valence-electron chi connectivity index (χ2n) is 9.05. The number of esters is 1. The van der Waals surface area contributed by atoms with Crippen LogP contribution >= 0.6 is 22.7 Å². The van der Waals surface area contributed by atoms with Gasteiger partial charge in [-0.15, -0.1) is 22.7 Å². The SMILES string of the molecule is CCOC(=O)c1c(NC(=O)NCc2c(C(F)(F)F)sc3c2CCN(C(=O)C(C)N)C3)sc2c1CCCC2. The molecular formula is C24H29F3N4O4S2. The van der Waals surface area contributed by atoms with Crippen molar-refractivity contribution in [2.75, 3.05) is 18.5 Å². The van der Waals surface area contributed by atoms with E-state index >= 15 is 0 Å². The maximum atomic E-state index is 13.9. The Balaban J connectivity index is 1.53. The van der Waals surface area contributed by atoms with Crippen LogP contribution in [-0.2, 0) is 48.1 Å².